The maximum absolute atomic E-state index is 6.47. The van der Waals surface area contributed by atoms with Crippen molar-refractivity contribution in [2.75, 3.05) is 13.2 Å². The van der Waals surface area contributed by atoms with Gasteiger partial charge in [0.05, 0.1) is 5.54 Å². The van der Waals surface area contributed by atoms with Crippen LogP contribution in [0.5, 0.6) is 0 Å². The Morgan fingerprint density at radius 1 is 1.28 bits per heavy atom. The van der Waals surface area contributed by atoms with Crippen LogP contribution < -0.4 is 5.73 Å². The molecule has 0 aliphatic carbocycles. The van der Waals surface area contributed by atoms with Crippen molar-refractivity contribution in [3.05, 3.63) is 23.3 Å². The Labute approximate surface area is 105 Å². The van der Waals surface area contributed by atoms with Gasteiger partial charge in [0, 0.05) is 24.6 Å². The van der Waals surface area contributed by atoms with Gasteiger partial charge in [0.25, 0.3) is 5.78 Å². The third kappa shape index (κ3) is 1.69. The first-order valence-corrected chi connectivity index (χ1v) is 6.17. The predicted octanol–water partition coefficient (Wildman–Crippen LogP) is 0.706. The lowest BCUT2D eigenvalue weighted by Gasteiger charge is -2.31. The third-order valence-electron chi connectivity index (χ3n) is 3.52. The standard InChI is InChI=1S/C12H17N5O/c1-8-7-9(2)17-10(15-16-11(17)14-8)12(13)3-5-18-6-4-12/h7H,3-6,13H2,1-2H3. The Kier molecular flexibility index (Phi) is 2.57. The fourth-order valence-corrected chi connectivity index (χ4v) is 2.51. The van der Waals surface area contributed by atoms with Gasteiger partial charge in [-0.05, 0) is 32.8 Å². The largest absolute Gasteiger partial charge is 0.381 e. The molecule has 0 saturated carbocycles. The third-order valence-corrected chi connectivity index (χ3v) is 3.52. The van der Waals surface area contributed by atoms with Crippen LogP contribution in [0.25, 0.3) is 5.78 Å². The van der Waals surface area contributed by atoms with Crippen molar-refractivity contribution in [1.29, 1.82) is 0 Å². The Balaban J connectivity index is 2.17. The van der Waals surface area contributed by atoms with Crippen LogP contribution >= 0.6 is 0 Å². The van der Waals surface area contributed by atoms with Gasteiger partial charge in [-0.15, -0.1) is 10.2 Å². The lowest BCUT2D eigenvalue weighted by molar-refractivity contribution is 0.0487. The minimum atomic E-state index is -0.459. The maximum atomic E-state index is 6.47. The second-order valence-corrected chi connectivity index (χ2v) is 4.97. The van der Waals surface area contributed by atoms with Gasteiger partial charge in [-0.25, -0.2) is 4.98 Å². The summed E-state index contributed by atoms with van der Waals surface area (Å²) in [6, 6.07) is 2.02. The van der Waals surface area contributed by atoms with Crippen LogP contribution in [-0.4, -0.2) is 32.8 Å². The second kappa shape index (κ2) is 4.00. The van der Waals surface area contributed by atoms with Crippen LogP contribution in [-0.2, 0) is 10.3 Å². The van der Waals surface area contributed by atoms with Crippen LogP contribution in [0.4, 0.5) is 0 Å². The van der Waals surface area contributed by atoms with Crippen molar-refractivity contribution in [2.24, 2.45) is 5.73 Å². The molecule has 0 radical (unpaired) electrons. The van der Waals surface area contributed by atoms with E-state index in [9.17, 15) is 0 Å². The number of ether oxygens (including phenoxy) is 1. The number of hydrogen-bond acceptors (Lipinski definition) is 5. The molecule has 0 atom stereocenters. The number of nitrogens with two attached hydrogens (primary N) is 1. The number of rotatable bonds is 1. The number of aromatic nitrogens is 4. The first-order chi connectivity index (χ1) is 8.60. The molecule has 6 nitrogen and oxygen atoms in total. The van der Waals surface area contributed by atoms with E-state index >= 15 is 0 Å². The Morgan fingerprint density at radius 3 is 2.72 bits per heavy atom. The highest BCUT2D eigenvalue weighted by Gasteiger charge is 2.35. The molecular formula is C12H17N5O. The lowest BCUT2D eigenvalue weighted by atomic mass is 9.90. The second-order valence-electron chi connectivity index (χ2n) is 4.97. The van der Waals surface area contributed by atoms with Crippen molar-refractivity contribution in [1.82, 2.24) is 19.6 Å². The van der Waals surface area contributed by atoms with Crippen LogP contribution in [0.3, 0.4) is 0 Å². The summed E-state index contributed by atoms with van der Waals surface area (Å²) in [5.41, 5.74) is 8.01. The van der Waals surface area contributed by atoms with Crippen LogP contribution in [0.2, 0.25) is 0 Å². The predicted molar refractivity (Wildman–Crippen MR) is 66.2 cm³/mol. The van der Waals surface area contributed by atoms with Gasteiger partial charge in [0.2, 0.25) is 0 Å². The zero-order valence-electron chi connectivity index (χ0n) is 10.7. The average Bonchev–Trinajstić information content (AvgIpc) is 2.74. The molecule has 0 bridgehead atoms. The molecule has 3 heterocycles. The van der Waals surface area contributed by atoms with Gasteiger partial charge < -0.3 is 10.5 Å². The van der Waals surface area contributed by atoms with Crippen LogP contribution in [0, 0.1) is 13.8 Å². The summed E-state index contributed by atoms with van der Waals surface area (Å²) in [6.45, 7) is 5.32. The van der Waals surface area contributed by atoms with E-state index in [-0.39, 0.29) is 0 Å². The molecule has 1 saturated heterocycles. The van der Waals surface area contributed by atoms with E-state index in [0.29, 0.717) is 19.0 Å². The zero-order valence-corrected chi connectivity index (χ0v) is 10.7. The van der Waals surface area contributed by atoms with Gasteiger partial charge in [0.15, 0.2) is 5.82 Å². The molecule has 0 aromatic carbocycles. The van der Waals surface area contributed by atoms with E-state index in [0.717, 1.165) is 30.1 Å². The van der Waals surface area contributed by atoms with Crippen molar-refractivity contribution in [2.45, 2.75) is 32.2 Å². The molecule has 1 aliphatic heterocycles. The quantitative estimate of drug-likeness (QED) is 0.802. The fourth-order valence-electron chi connectivity index (χ4n) is 2.51. The number of aryl methyl sites for hydroxylation is 2. The smallest absolute Gasteiger partial charge is 0.255 e. The van der Waals surface area contributed by atoms with E-state index in [1.165, 1.54) is 0 Å². The summed E-state index contributed by atoms with van der Waals surface area (Å²) in [5.74, 6) is 1.42. The molecule has 6 heteroatoms. The highest BCUT2D eigenvalue weighted by Crippen LogP contribution is 2.28. The van der Waals surface area contributed by atoms with Gasteiger partial charge in [-0.1, -0.05) is 0 Å². The molecule has 18 heavy (non-hydrogen) atoms. The minimum absolute atomic E-state index is 0.459. The number of hydrogen-bond donors (Lipinski definition) is 1. The Hall–Kier alpha value is -1.53. The van der Waals surface area contributed by atoms with E-state index in [1.54, 1.807) is 0 Å². The normalized spacial score (nSPS) is 19.3. The van der Waals surface area contributed by atoms with Crippen molar-refractivity contribution < 1.29 is 4.74 Å². The summed E-state index contributed by atoms with van der Waals surface area (Å²) in [4.78, 5) is 4.39. The molecule has 96 valence electrons. The molecule has 2 aromatic heterocycles. The molecule has 2 N–H and O–H groups in total. The van der Waals surface area contributed by atoms with Crippen molar-refractivity contribution in [3.63, 3.8) is 0 Å². The van der Waals surface area contributed by atoms with Crippen molar-refractivity contribution in [3.8, 4) is 0 Å². The molecule has 0 unspecified atom stereocenters. The van der Waals surface area contributed by atoms with Crippen LogP contribution in [0.1, 0.15) is 30.1 Å². The maximum Gasteiger partial charge on any atom is 0.255 e. The first kappa shape index (κ1) is 11.6. The monoisotopic (exact) mass is 247 g/mol. The summed E-state index contributed by atoms with van der Waals surface area (Å²) in [5, 5.41) is 8.40. The molecule has 3 rings (SSSR count). The van der Waals surface area contributed by atoms with Crippen molar-refractivity contribution >= 4 is 5.78 Å². The van der Waals surface area contributed by atoms with Gasteiger partial charge in [0.1, 0.15) is 0 Å². The van der Waals surface area contributed by atoms with E-state index in [1.807, 2.05) is 24.3 Å². The van der Waals surface area contributed by atoms with E-state index < -0.39 is 5.54 Å². The molecule has 2 aromatic rings. The molecule has 1 fully saturated rings. The summed E-state index contributed by atoms with van der Waals surface area (Å²) in [6.07, 6.45) is 1.53. The molecule has 1 aliphatic rings. The van der Waals surface area contributed by atoms with Gasteiger partial charge >= 0.3 is 0 Å². The summed E-state index contributed by atoms with van der Waals surface area (Å²) < 4.78 is 7.33. The number of nitrogens with zero attached hydrogens (tertiary/aromatic N) is 4. The highest BCUT2D eigenvalue weighted by molar-refractivity contribution is 5.34. The molecule has 0 amide bonds. The van der Waals surface area contributed by atoms with E-state index in [2.05, 4.69) is 15.2 Å². The van der Waals surface area contributed by atoms with Gasteiger partial charge in [-0.2, -0.15) is 0 Å². The topological polar surface area (TPSA) is 78.3 Å². The Bertz CT molecular complexity index is 585. The molecular weight excluding hydrogens is 230 g/mol. The lowest BCUT2D eigenvalue weighted by Crippen LogP contribution is -2.44. The first-order valence-electron chi connectivity index (χ1n) is 6.17. The summed E-state index contributed by atoms with van der Waals surface area (Å²) >= 11 is 0. The molecule has 0 spiro atoms. The summed E-state index contributed by atoms with van der Waals surface area (Å²) in [7, 11) is 0. The number of fused-ring (bicyclic) bond motifs is 1. The zero-order chi connectivity index (χ0) is 12.8. The fraction of sp³-hybridized carbons (Fsp3) is 0.583. The Morgan fingerprint density at radius 2 is 2.00 bits per heavy atom. The highest BCUT2D eigenvalue weighted by atomic mass is 16.5. The SMILES string of the molecule is Cc1cc(C)n2c(C3(N)CCOCC3)nnc2n1. The van der Waals surface area contributed by atoms with E-state index in [4.69, 9.17) is 10.5 Å². The van der Waals surface area contributed by atoms with Gasteiger partial charge in [-0.3, -0.25) is 4.40 Å². The van der Waals surface area contributed by atoms with Crippen LogP contribution in [0.15, 0.2) is 6.07 Å². The minimum Gasteiger partial charge on any atom is -0.381 e. The average molecular weight is 247 g/mol.